The van der Waals surface area contributed by atoms with Crippen LogP contribution in [0.1, 0.15) is 24.8 Å². The molecule has 9 heteroatoms. The molecule has 0 aliphatic carbocycles. The van der Waals surface area contributed by atoms with Gasteiger partial charge in [-0.05, 0) is 42.7 Å². The summed E-state index contributed by atoms with van der Waals surface area (Å²) in [5, 5.41) is 8.51. The van der Waals surface area contributed by atoms with Gasteiger partial charge in [-0.2, -0.15) is 0 Å². The number of hydrogen-bond donors (Lipinski definition) is 0. The van der Waals surface area contributed by atoms with E-state index < -0.39 is 0 Å². The zero-order chi connectivity index (χ0) is 23.9. The lowest BCUT2D eigenvalue weighted by molar-refractivity contribution is -0.133. The van der Waals surface area contributed by atoms with Crippen LogP contribution < -0.4 is 10.3 Å². The van der Waals surface area contributed by atoms with Gasteiger partial charge in [0.15, 0.2) is 0 Å². The summed E-state index contributed by atoms with van der Waals surface area (Å²) >= 11 is 0. The Morgan fingerprint density at radius 1 is 0.912 bits per heavy atom. The largest absolute Gasteiger partial charge is 0.497 e. The number of carbonyl (C=O) groups is 2. The first kappa shape index (κ1) is 23.4. The van der Waals surface area contributed by atoms with E-state index in [0.29, 0.717) is 49.9 Å². The smallest absolute Gasteiger partial charge is 0.277 e. The van der Waals surface area contributed by atoms with Crippen molar-refractivity contribution >= 4 is 22.7 Å². The first-order valence-corrected chi connectivity index (χ1v) is 11.6. The number of aromatic nitrogens is 3. The summed E-state index contributed by atoms with van der Waals surface area (Å²) in [5.74, 6) is 0.849. The second-order valence-electron chi connectivity index (χ2n) is 8.35. The molecule has 3 aromatic rings. The molecule has 1 aliphatic rings. The van der Waals surface area contributed by atoms with E-state index in [4.69, 9.17) is 4.74 Å². The van der Waals surface area contributed by atoms with Crippen LogP contribution in [0.4, 0.5) is 0 Å². The van der Waals surface area contributed by atoms with Crippen molar-refractivity contribution in [1.29, 1.82) is 0 Å². The summed E-state index contributed by atoms with van der Waals surface area (Å²) in [5.41, 5.74) is 1.38. The topological polar surface area (TPSA) is 97.6 Å². The number of aryl methyl sites for hydroxylation is 2. The fraction of sp³-hybridized carbons (Fsp3) is 0.400. The summed E-state index contributed by atoms with van der Waals surface area (Å²) in [4.78, 5) is 41.7. The summed E-state index contributed by atoms with van der Waals surface area (Å²) in [6.45, 7) is 2.42. The van der Waals surface area contributed by atoms with Crippen LogP contribution in [0.15, 0.2) is 53.3 Å². The van der Waals surface area contributed by atoms with Gasteiger partial charge in [0.25, 0.3) is 5.56 Å². The minimum atomic E-state index is -0.247. The lowest BCUT2D eigenvalue weighted by atomic mass is 10.1. The molecule has 0 N–H and O–H groups in total. The second-order valence-corrected chi connectivity index (χ2v) is 8.35. The highest BCUT2D eigenvalue weighted by molar-refractivity contribution is 5.78. The van der Waals surface area contributed by atoms with Crippen molar-refractivity contribution in [3.63, 3.8) is 0 Å². The SMILES string of the molecule is COc1ccc(CCC(=O)N2CCCN(C(=O)CCn3nnc4ccccc4c3=O)CC2)cc1. The van der Waals surface area contributed by atoms with Gasteiger partial charge in [-0.25, -0.2) is 4.68 Å². The molecule has 2 aromatic carbocycles. The third-order valence-electron chi connectivity index (χ3n) is 6.15. The molecule has 1 aliphatic heterocycles. The normalized spacial score (nSPS) is 14.1. The molecule has 1 saturated heterocycles. The minimum Gasteiger partial charge on any atom is -0.497 e. The van der Waals surface area contributed by atoms with E-state index in [-0.39, 0.29) is 30.3 Å². The Balaban J connectivity index is 1.27. The maximum absolute atomic E-state index is 12.8. The minimum absolute atomic E-state index is 0.0469. The predicted molar refractivity (Wildman–Crippen MR) is 128 cm³/mol. The van der Waals surface area contributed by atoms with Gasteiger partial charge >= 0.3 is 0 Å². The van der Waals surface area contributed by atoms with E-state index in [9.17, 15) is 14.4 Å². The molecule has 0 bridgehead atoms. The van der Waals surface area contributed by atoms with Crippen molar-refractivity contribution in [2.75, 3.05) is 33.3 Å². The number of carbonyl (C=O) groups excluding carboxylic acids is 2. The van der Waals surface area contributed by atoms with Crippen LogP contribution in [0.3, 0.4) is 0 Å². The fourth-order valence-corrected chi connectivity index (χ4v) is 4.15. The Hall–Kier alpha value is -3.75. The molecule has 1 fully saturated rings. The molecule has 9 nitrogen and oxygen atoms in total. The highest BCUT2D eigenvalue weighted by Gasteiger charge is 2.22. The lowest BCUT2D eigenvalue weighted by Crippen LogP contribution is -2.38. The Kier molecular flexibility index (Phi) is 7.51. The van der Waals surface area contributed by atoms with Gasteiger partial charge < -0.3 is 14.5 Å². The predicted octanol–water partition coefficient (Wildman–Crippen LogP) is 1.88. The number of benzene rings is 2. The summed E-state index contributed by atoms with van der Waals surface area (Å²) < 4.78 is 6.41. The third kappa shape index (κ3) is 5.59. The average molecular weight is 464 g/mol. The molecule has 178 valence electrons. The second kappa shape index (κ2) is 10.9. The number of nitrogens with zero attached hydrogens (tertiary/aromatic N) is 5. The van der Waals surface area contributed by atoms with Gasteiger partial charge in [0.1, 0.15) is 11.3 Å². The molecule has 1 aromatic heterocycles. The summed E-state index contributed by atoms with van der Waals surface area (Å²) in [7, 11) is 1.63. The Morgan fingerprint density at radius 2 is 1.59 bits per heavy atom. The number of rotatable bonds is 7. The molecular formula is C25H29N5O4. The van der Waals surface area contributed by atoms with E-state index >= 15 is 0 Å². The van der Waals surface area contributed by atoms with E-state index in [2.05, 4.69) is 10.3 Å². The van der Waals surface area contributed by atoms with E-state index in [1.54, 1.807) is 36.3 Å². The van der Waals surface area contributed by atoms with E-state index in [1.807, 2.05) is 29.2 Å². The Bertz CT molecular complexity index is 1210. The molecular weight excluding hydrogens is 434 g/mol. The van der Waals surface area contributed by atoms with Crippen LogP contribution in [0.25, 0.3) is 10.9 Å². The van der Waals surface area contributed by atoms with Gasteiger partial charge in [0.05, 0.1) is 19.0 Å². The van der Waals surface area contributed by atoms with Gasteiger partial charge in [-0.3, -0.25) is 14.4 Å². The molecule has 2 heterocycles. The van der Waals surface area contributed by atoms with Crippen LogP contribution >= 0.6 is 0 Å². The van der Waals surface area contributed by atoms with Crippen molar-refractivity contribution in [2.24, 2.45) is 0 Å². The zero-order valence-corrected chi connectivity index (χ0v) is 19.4. The monoisotopic (exact) mass is 463 g/mol. The highest BCUT2D eigenvalue weighted by atomic mass is 16.5. The van der Waals surface area contributed by atoms with Crippen LogP contribution in [-0.4, -0.2) is 69.9 Å². The van der Waals surface area contributed by atoms with Gasteiger partial charge in [-0.15, -0.1) is 5.10 Å². The van der Waals surface area contributed by atoms with Crippen LogP contribution in [0, 0.1) is 0 Å². The summed E-state index contributed by atoms with van der Waals surface area (Å²) in [6.07, 6.45) is 2.00. The molecule has 4 rings (SSSR count). The number of methoxy groups -OCH3 is 1. The number of amides is 2. The first-order valence-electron chi connectivity index (χ1n) is 11.6. The van der Waals surface area contributed by atoms with E-state index in [1.165, 1.54) is 4.68 Å². The number of ether oxygens (including phenoxy) is 1. The molecule has 34 heavy (non-hydrogen) atoms. The van der Waals surface area contributed by atoms with Crippen molar-refractivity contribution < 1.29 is 14.3 Å². The Morgan fingerprint density at radius 3 is 2.29 bits per heavy atom. The summed E-state index contributed by atoms with van der Waals surface area (Å²) in [6, 6.07) is 14.8. The lowest BCUT2D eigenvalue weighted by Gasteiger charge is -2.22. The molecule has 0 spiro atoms. The van der Waals surface area contributed by atoms with Crippen molar-refractivity contribution in [2.45, 2.75) is 32.2 Å². The maximum atomic E-state index is 12.8. The van der Waals surface area contributed by atoms with Crippen LogP contribution in [0.2, 0.25) is 0 Å². The van der Waals surface area contributed by atoms with Crippen molar-refractivity contribution in [3.05, 3.63) is 64.4 Å². The number of hydrogen-bond acceptors (Lipinski definition) is 6. The molecule has 0 radical (unpaired) electrons. The quantitative estimate of drug-likeness (QED) is 0.531. The van der Waals surface area contributed by atoms with Gasteiger partial charge in [-0.1, -0.05) is 29.5 Å². The molecule has 0 atom stereocenters. The third-order valence-corrected chi connectivity index (χ3v) is 6.15. The number of fused-ring (bicyclic) bond motifs is 1. The van der Waals surface area contributed by atoms with Crippen molar-refractivity contribution in [1.82, 2.24) is 24.8 Å². The zero-order valence-electron chi connectivity index (χ0n) is 19.4. The van der Waals surface area contributed by atoms with Gasteiger partial charge in [0, 0.05) is 39.0 Å². The van der Waals surface area contributed by atoms with Crippen LogP contribution in [0.5, 0.6) is 5.75 Å². The highest BCUT2D eigenvalue weighted by Crippen LogP contribution is 2.14. The standard InChI is InChI=1S/C25H29N5O4/c1-34-20-10-7-19(8-11-20)9-12-23(31)28-14-4-15-29(18-17-28)24(32)13-16-30-25(33)21-5-2-3-6-22(21)26-27-30/h2-3,5-8,10-11H,4,9,12-18H2,1H3. The van der Waals surface area contributed by atoms with E-state index in [0.717, 1.165) is 17.7 Å². The van der Waals surface area contributed by atoms with Crippen molar-refractivity contribution in [3.8, 4) is 5.75 Å². The maximum Gasteiger partial charge on any atom is 0.277 e. The van der Waals surface area contributed by atoms with Crippen LogP contribution in [-0.2, 0) is 22.6 Å². The fourth-order valence-electron chi connectivity index (χ4n) is 4.15. The molecule has 2 amide bonds. The molecule has 0 saturated carbocycles. The Labute approximate surface area is 197 Å². The van der Waals surface area contributed by atoms with Gasteiger partial charge in [0.2, 0.25) is 11.8 Å². The first-order chi connectivity index (χ1) is 16.5. The molecule has 0 unspecified atom stereocenters. The average Bonchev–Trinajstić information content (AvgIpc) is 3.14.